The standard InChI is InChI=1S/C28H30BrClFN3O4S/c1-4-19(2)32-28(36)20(3)33(17-21-9-8-10-22(29)15-21)27(35)18-34(23-13-14-26(31)25(30)16-23)39(37,38)24-11-6-5-7-12-24/h5-16,19-20H,4,17-18H2,1-3H3,(H,32,36). The van der Waals surface area contributed by atoms with Crippen molar-refractivity contribution in [1.29, 1.82) is 0 Å². The van der Waals surface area contributed by atoms with E-state index < -0.39 is 34.3 Å². The Kier molecular flexibility index (Phi) is 10.5. The van der Waals surface area contributed by atoms with Crippen LogP contribution >= 0.6 is 27.5 Å². The van der Waals surface area contributed by atoms with Crippen molar-refractivity contribution in [2.24, 2.45) is 0 Å². The molecule has 0 aliphatic rings. The smallest absolute Gasteiger partial charge is 0.264 e. The lowest BCUT2D eigenvalue weighted by Gasteiger charge is -2.32. The van der Waals surface area contributed by atoms with Gasteiger partial charge in [-0.2, -0.15) is 0 Å². The van der Waals surface area contributed by atoms with Crippen molar-refractivity contribution in [3.8, 4) is 0 Å². The number of sulfonamides is 1. The number of amides is 2. The molecule has 3 aromatic carbocycles. The second-order valence-electron chi connectivity index (χ2n) is 9.07. The van der Waals surface area contributed by atoms with Gasteiger partial charge in [-0.15, -0.1) is 0 Å². The van der Waals surface area contributed by atoms with Gasteiger partial charge >= 0.3 is 0 Å². The molecule has 7 nitrogen and oxygen atoms in total. The minimum Gasteiger partial charge on any atom is -0.352 e. The molecule has 0 saturated carbocycles. The molecule has 39 heavy (non-hydrogen) atoms. The predicted molar refractivity (Wildman–Crippen MR) is 154 cm³/mol. The molecule has 2 unspecified atom stereocenters. The van der Waals surface area contributed by atoms with E-state index in [1.54, 1.807) is 31.2 Å². The Morgan fingerprint density at radius 1 is 1.03 bits per heavy atom. The molecular formula is C28H30BrClFN3O4S. The molecule has 0 aromatic heterocycles. The second-order valence-corrected chi connectivity index (χ2v) is 12.3. The first-order valence-corrected chi connectivity index (χ1v) is 14.9. The van der Waals surface area contributed by atoms with E-state index in [0.717, 1.165) is 26.5 Å². The molecule has 3 rings (SSSR count). The van der Waals surface area contributed by atoms with Gasteiger partial charge in [-0.1, -0.05) is 64.8 Å². The van der Waals surface area contributed by atoms with Gasteiger partial charge in [0, 0.05) is 17.1 Å². The third-order valence-electron chi connectivity index (χ3n) is 6.21. The third-order valence-corrected chi connectivity index (χ3v) is 8.78. The Labute approximate surface area is 242 Å². The SMILES string of the molecule is CCC(C)NC(=O)C(C)N(Cc1cccc(Br)c1)C(=O)CN(c1ccc(F)c(Cl)c1)S(=O)(=O)c1ccccc1. The predicted octanol–water partition coefficient (Wildman–Crippen LogP) is 5.77. The van der Waals surface area contributed by atoms with Crippen LogP contribution in [-0.2, 0) is 26.2 Å². The van der Waals surface area contributed by atoms with E-state index in [0.29, 0.717) is 6.42 Å². The van der Waals surface area contributed by atoms with Gasteiger partial charge in [0.2, 0.25) is 11.8 Å². The number of halogens is 3. The van der Waals surface area contributed by atoms with Crippen LogP contribution in [0.4, 0.5) is 10.1 Å². The molecule has 2 atom stereocenters. The normalized spacial score (nSPS) is 12.9. The lowest BCUT2D eigenvalue weighted by Crippen LogP contribution is -2.52. The fourth-order valence-corrected chi connectivity index (χ4v) is 5.82. The van der Waals surface area contributed by atoms with E-state index in [1.807, 2.05) is 32.0 Å². The van der Waals surface area contributed by atoms with E-state index in [1.165, 1.54) is 23.1 Å². The van der Waals surface area contributed by atoms with Crippen LogP contribution in [0.5, 0.6) is 0 Å². The summed E-state index contributed by atoms with van der Waals surface area (Å²) in [7, 11) is -4.26. The van der Waals surface area contributed by atoms with Gasteiger partial charge in [0.05, 0.1) is 15.6 Å². The molecule has 11 heteroatoms. The number of nitrogens with one attached hydrogen (secondary N) is 1. The van der Waals surface area contributed by atoms with Crippen molar-refractivity contribution in [2.75, 3.05) is 10.8 Å². The van der Waals surface area contributed by atoms with Crippen LogP contribution in [0.1, 0.15) is 32.8 Å². The Morgan fingerprint density at radius 3 is 2.33 bits per heavy atom. The number of nitrogens with zero attached hydrogens (tertiary/aromatic N) is 2. The molecule has 2 amide bonds. The third kappa shape index (κ3) is 7.80. The zero-order valence-electron chi connectivity index (χ0n) is 21.8. The number of anilines is 1. The average molecular weight is 639 g/mol. The van der Waals surface area contributed by atoms with Crippen LogP contribution in [0.2, 0.25) is 5.02 Å². The van der Waals surface area contributed by atoms with Crippen LogP contribution in [0.3, 0.4) is 0 Å². The Balaban J connectivity index is 2.04. The summed E-state index contributed by atoms with van der Waals surface area (Å²) in [5, 5.41) is 2.59. The van der Waals surface area contributed by atoms with E-state index in [-0.39, 0.29) is 34.1 Å². The fourth-order valence-electron chi connectivity index (χ4n) is 3.77. The van der Waals surface area contributed by atoms with E-state index >= 15 is 0 Å². The van der Waals surface area contributed by atoms with Gasteiger partial charge in [0.1, 0.15) is 18.4 Å². The first kappa shape index (κ1) is 30.6. The van der Waals surface area contributed by atoms with Gasteiger partial charge in [0.25, 0.3) is 10.0 Å². The van der Waals surface area contributed by atoms with Gasteiger partial charge in [0.15, 0.2) is 0 Å². The number of rotatable bonds is 11. The van der Waals surface area contributed by atoms with Crippen molar-refractivity contribution in [3.05, 3.63) is 93.7 Å². The molecular weight excluding hydrogens is 609 g/mol. The molecule has 0 aliphatic carbocycles. The summed E-state index contributed by atoms with van der Waals surface area (Å²) < 4.78 is 43.0. The highest BCUT2D eigenvalue weighted by molar-refractivity contribution is 9.10. The highest BCUT2D eigenvalue weighted by atomic mass is 79.9. The van der Waals surface area contributed by atoms with Gasteiger partial charge in [-0.3, -0.25) is 13.9 Å². The first-order valence-electron chi connectivity index (χ1n) is 12.3. The Bertz CT molecular complexity index is 1430. The van der Waals surface area contributed by atoms with Crippen molar-refractivity contribution < 1.29 is 22.4 Å². The molecule has 0 aliphatic heterocycles. The zero-order chi connectivity index (χ0) is 28.7. The first-order chi connectivity index (χ1) is 18.4. The summed E-state index contributed by atoms with van der Waals surface area (Å²) in [6.45, 7) is 4.79. The molecule has 3 aromatic rings. The molecule has 0 fully saturated rings. The molecule has 0 heterocycles. The molecule has 0 radical (unpaired) electrons. The summed E-state index contributed by atoms with van der Waals surface area (Å²) in [4.78, 5) is 28.2. The summed E-state index contributed by atoms with van der Waals surface area (Å²) >= 11 is 9.40. The van der Waals surface area contributed by atoms with Gasteiger partial charge in [-0.05, 0) is 68.3 Å². The maximum Gasteiger partial charge on any atom is 0.264 e. The summed E-state index contributed by atoms with van der Waals surface area (Å²) in [5.74, 6) is -1.72. The average Bonchev–Trinajstić information content (AvgIpc) is 2.91. The summed E-state index contributed by atoms with van der Waals surface area (Å²) in [6.07, 6.45) is 0.701. The van der Waals surface area contributed by atoms with Crippen molar-refractivity contribution >= 4 is 55.1 Å². The topological polar surface area (TPSA) is 86.8 Å². The minimum absolute atomic E-state index is 0.0118. The minimum atomic E-state index is -4.26. The van der Waals surface area contributed by atoms with Crippen LogP contribution in [-0.4, -0.2) is 43.8 Å². The number of hydrogen-bond donors (Lipinski definition) is 1. The van der Waals surface area contributed by atoms with E-state index in [4.69, 9.17) is 11.6 Å². The lowest BCUT2D eigenvalue weighted by atomic mass is 10.1. The number of carbonyl (C=O) groups excluding carboxylic acids is 2. The molecule has 1 N–H and O–H groups in total. The summed E-state index contributed by atoms with van der Waals surface area (Å²) in [5.41, 5.74) is 0.751. The number of benzene rings is 3. The lowest BCUT2D eigenvalue weighted by molar-refractivity contribution is -0.139. The van der Waals surface area contributed by atoms with E-state index in [9.17, 15) is 22.4 Å². The zero-order valence-corrected chi connectivity index (χ0v) is 24.9. The van der Waals surface area contributed by atoms with Crippen LogP contribution in [0, 0.1) is 5.82 Å². The van der Waals surface area contributed by atoms with Crippen LogP contribution < -0.4 is 9.62 Å². The number of carbonyl (C=O) groups is 2. The number of hydrogen-bond acceptors (Lipinski definition) is 4. The molecule has 0 bridgehead atoms. The Morgan fingerprint density at radius 2 is 1.72 bits per heavy atom. The van der Waals surface area contributed by atoms with Crippen molar-refractivity contribution in [3.63, 3.8) is 0 Å². The second kappa shape index (κ2) is 13.4. The molecule has 0 saturated heterocycles. The van der Waals surface area contributed by atoms with Gasteiger partial charge in [-0.25, -0.2) is 12.8 Å². The van der Waals surface area contributed by atoms with Crippen molar-refractivity contribution in [1.82, 2.24) is 10.2 Å². The van der Waals surface area contributed by atoms with Crippen molar-refractivity contribution in [2.45, 2.75) is 50.7 Å². The summed E-state index contributed by atoms with van der Waals surface area (Å²) in [6, 6.07) is 17.3. The maximum atomic E-state index is 14.0. The van der Waals surface area contributed by atoms with E-state index in [2.05, 4.69) is 21.2 Å². The largest absolute Gasteiger partial charge is 0.352 e. The highest BCUT2D eigenvalue weighted by Crippen LogP contribution is 2.28. The quantitative estimate of drug-likeness (QED) is 0.289. The Hall–Kier alpha value is -2.95. The highest BCUT2D eigenvalue weighted by Gasteiger charge is 2.33. The van der Waals surface area contributed by atoms with Crippen LogP contribution in [0.15, 0.2) is 82.2 Å². The molecule has 208 valence electrons. The maximum absolute atomic E-state index is 14.0. The van der Waals surface area contributed by atoms with Crippen LogP contribution in [0.25, 0.3) is 0 Å². The fraction of sp³-hybridized carbons (Fsp3) is 0.286. The van der Waals surface area contributed by atoms with Gasteiger partial charge < -0.3 is 10.2 Å². The molecule has 0 spiro atoms. The monoisotopic (exact) mass is 637 g/mol.